The molecular formula is C11H14Cl2N2O3S. The van der Waals surface area contributed by atoms with Gasteiger partial charge in [0.25, 0.3) is 0 Å². The van der Waals surface area contributed by atoms with Crippen LogP contribution in [0.3, 0.4) is 0 Å². The minimum absolute atomic E-state index is 0.227. The number of likely N-dealkylation sites (N-methyl/N-ethyl adjacent to an activating group) is 1. The summed E-state index contributed by atoms with van der Waals surface area (Å²) in [4.78, 5) is 13.0. The number of benzene rings is 1. The van der Waals surface area contributed by atoms with Gasteiger partial charge in [0.1, 0.15) is 6.54 Å². The van der Waals surface area contributed by atoms with Crippen LogP contribution in [-0.2, 0) is 14.8 Å². The van der Waals surface area contributed by atoms with E-state index in [1.807, 2.05) is 0 Å². The van der Waals surface area contributed by atoms with Crippen molar-refractivity contribution in [2.45, 2.75) is 0 Å². The number of hydrogen-bond donors (Lipinski definition) is 0. The second-order valence-electron chi connectivity index (χ2n) is 4.16. The van der Waals surface area contributed by atoms with Gasteiger partial charge in [-0.3, -0.25) is 9.10 Å². The molecule has 0 radical (unpaired) electrons. The van der Waals surface area contributed by atoms with E-state index in [-0.39, 0.29) is 17.5 Å². The Morgan fingerprint density at radius 1 is 1.21 bits per heavy atom. The number of sulfonamides is 1. The summed E-state index contributed by atoms with van der Waals surface area (Å²) in [6, 6.07) is 4.39. The van der Waals surface area contributed by atoms with Gasteiger partial charge in [-0.15, -0.1) is 0 Å². The van der Waals surface area contributed by atoms with E-state index in [2.05, 4.69) is 0 Å². The number of carbonyl (C=O) groups is 1. The van der Waals surface area contributed by atoms with E-state index in [0.29, 0.717) is 10.7 Å². The molecule has 1 aromatic rings. The summed E-state index contributed by atoms with van der Waals surface area (Å²) >= 11 is 11.6. The van der Waals surface area contributed by atoms with Crippen LogP contribution in [0.1, 0.15) is 0 Å². The molecule has 0 aromatic heterocycles. The van der Waals surface area contributed by atoms with Crippen molar-refractivity contribution in [2.75, 3.05) is 31.2 Å². The highest BCUT2D eigenvalue weighted by Gasteiger charge is 2.22. The van der Waals surface area contributed by atoms with Crippen LogP contribution in [0.4, 0.5) is 5.69 Å². The number of carbonyl (C=O) groups excluding carboxylic acids is 1. The van der Waals surface area contributed by atoms with Crippen molar-refractivity contribution in [1.82, 2.24) is 4.90 Å². The second-order valence-corrected chi connectivity index (χ2v) is 6.88. The molecule has 0 saturated heterocycles. The number of rotatable bonds is 4. The molecule has 0 aliphatic carbocycles. The highest BCUT2D eigenvalue weighted by molar-refractivity contribution is 7.92. The first kappa shape index (κ1) is 16.1. The number of anilines is 1. The quantitative estimate of drug-likeness (QED) is 0.849. The normalized spacial score (nSPS) is 11.2. The van der Waals surface area contributed by atoms with E-state index in [1.165, 1.54) is 23.1 Å². The highest BCUT2D eigenvalue weighted by Crippen LogP contribution is 2.28. The summed E-state index contributed by atoms with van der Waals surface area (Å²) in [5.41, 5.74) is 0.298. The standard InChI is InChI=1S/C11H14Cl2N2O3S/c1-14(2)11(16)7-15(19(3,17)18)8-4-5-9(12)10(13)6-8/h4-6H,7H2,1-3H3. The van der Waals surface area contributed by atoms with E-state index in [4.69, 9.17) is 23.2 Å². The summed E-state index contributed by atoms with van der Waals surface area (Å²) < 4.78 is 24.5. The Bertz CT molecular complexity index is 588. The van der Waals surface area contributed by atoms with Crippen LogP contribution in [0, 0.1) is 0 Å². The molecule has 0 fully saturated rings. The van der Waals surface area contributed by atoms with Crippen LogP contribution in [0.15, 0.2) is 18.2 Å². The molecule has 0 bridgehead atoms. The summed E-state index contributed by atoms with van der Waals surface area (Å²) in [5.74, 6) is -0.337. The van der Waals surface area contributed by atoms with Crippen molar-refractivity contribution in [3.8, 4) is 0 Å². The largest absolute Gasteiger partial charge is 0.347 e. The number of nitrogens with zero attached hydrogens (tertiary/aromatic N) is 2. The molecule has 8 heteroatoms. The van der Waals surface area contributed by atoms with Gasteiger partial charge in [-0.2, -0.15) is 0 Å². The topological polar surface area (TPSA) is 57.7 Å². The Kier molecular flexibility index (Phi) is 5.06. The molecule has 1 aromatic carbocycles. The maximum Gasteiger partial charge on any atom is 0.242 e. The first-order chi connectivity index (χ1) is 8.62. The van der Waals surface area contributed by atoms with Crippen molar-refractivity contribution in [1.29, 1.82) is 0 Å². The fourth-order valence-corrected chi connectivity index (χ4v) is 2.44. The summed E-state index contributed by atoms with van der Waals surface area (Å²) in [5, 5.41) is 0.544. The van der Waals surface area contributed by atoms with Gasteiger partial charge in [0.2, 0.25) is 15.9 Å². The molecule has 0 spiro atoms. The van der Waals surface area contributed by atoms with E-state index in [9.17, 15) is 13.2 Å². The van der Waals surface area contributed by atoms with Gasteiger partial charge in [0.15, 0.2) is 0 Å². The Balaban J connectivity index is 3.18. The Morgan fingerprint density at radius 3 is 2.21 bits per heavy atom. The predicted molar refractivity (Wildman–Crippen MR) is 77.3 cm³/mol. The third-order valence-corrected chi connectivity index (χ3v) is 4.25. The van der Waals surface area contributed by atoms with Crippen molar-refractivity contribution in [3.63, 3.8) is 0 Å². The van der Waals surface area contributed by atoms with Gasteiger partial charge in [0.05, 0.1) is 22.0 Å². The fraction of sp³-hybridized carbons (Fsp3) is 0.364. The maximum atomic E-state index is 11.8. The van der Waals surface area contributed by atoms with Crippen molar-refractivity contribution in [2.24, 2.45) is 0 Å². The number of halogens is 2. The lowest BCUT2D eigenvalue weighted by atomic mass is 10.3. The summed E-state index contributed by atoms with van der Waals surface area (Å²) in [7, 11) is -0.486. The fourth-order valence-electron chi connectivity index (χ4n) is 1.30. The van der Waals surface area contributed by atoms with Gasteiger partial charge in [-0.05, 0) is 18.2 Å². The third kappa shape index (κ3) is 4.26. The van der Waals surface area contributed by atoms with Crippen LogP contribution in [0.2, 0.25) is 10.0 Å². The van der Waals surface area contributed by atoms with Gasteiger partial charge in [-0.25, -0.2) is 8.42 Å². The van der Waals surface area contributed by atoms with E-state index < -0.39 is 10.0 Å². The molecule has 0 atom stereocenters. The van der Waals surface area contributed by atoms with Crippen LogP contribution in [0.5, 0.6) is 0 Å². The molecule has 1 rings (SSSR count). The van der Waals surface area contributed by atoms with Gasteiger partial charge < -0.3 is 4.90 Å². The maximum absolute atomic E-state index is 11.8. The zero-order valence-electron chi connectivity index (χ0n) is 10.7. The summed E-state index contributed by atoms with van der Waals surface area (Å²) in [6.07, 6.45) is 1.03. The van der Waals surface area contributed by atoms with Crippen molar-refractivity contribution >= 4 is 44.8 Å². The minimum atomic E-state index is -3.59. The lowest BCUT2D eigenvalue weighted by Gasteiger charge is -2.23. The molecule has 0 N–H and O–H groups in total. The SMILES string of the molecule is CN(C)C(=O)CN(c1ccc(Cl)c(Cl)c1)S(C)(=O)=O. The van der Waals surface area contributed by atoms with E-state index in [0.717, 1.165) is 10.6 Å². The molecule has 106 valence electrons. The zero-order valence-corrected chi connectivity index (χ0v) is 13.1. The molecule has 19 heavy (non-hydrogen) atoms. The molecule has 0 unspecified atom stereocenters. The highest BCUT2D eigenvalue weighted by atomic mass is 35.5. The van der Waals surface area contributed by atoms with Crippen LogP contribution in [-0.4, -0.2) is 46.1 Å². The molecule has 0 aliphatic heterocycles. The van der Waals surface area contributed by atoms with Crippen LogP contribution in [0.25, 0.3) is 0 Å². The van der Waals surface area contributed by atoms with Crippen molar-refractivity contribution in [3.05, 3.63) is 28.2 Å². The molecule has 0 saturated carbocycles. The number of amides is 1. The number of hydrogen-bond acceptors (Lipinski definition) is 3. The lowest BCUT2D eigenvalue weighted by Crippen LogP contribution is -2.39. The van der Waals surface area contributed by atoms with Crippen LogP contribution < -0.4 is 4.31 Å². The average molecular weight is 325 g/mol. The first-order valence-electron chi connectivity index (χ1n) is 5.26. The molecule has 0 aliphatic rings. The predicted octanol–water partition coefficient (Wildman–Crippen LogP) is 1.85. The monoisotopic (exact) mass is 324 g/mol. The average Bonchev–Trinajstić information content (AvgIpc) is 2.27. The smallest absolute Gasteiger partial charge is 0.242 e. The van der Waals surface area contributed by atoms with E-state index >= 15 is 0 Å². The molecular weight excluding hydrogens is 311 g/mol. The third-order valence-electron chi connectivity index (χ3n) is 2.37. The van der Waals surface area contributed by atoms with Crippen molar-refractivity contribution < 1.29 is 13.2 Å². The molecule has 1 amide bonds. The van der Waals surface area contributed by atoms with E-state index in [1.54, 1.807) is 14.1 Å². The van der Waals surface area contributed by atoms with Crippen LogP contribution >= 0.6 is 23.2 Å². The molecule has 5 nitrogen and oxygen atoms in total. The first-order valence-corrected chi connectivity index (χ1v) is 7.86. The zero-order chi connectivity index (χ0) is 14.8. The van der Waals surface area contributed by atoms with Gasteiger partial charge >= 0.3 is 0 Å². The van der Waals surface area contributed by atoms with Gasteiger partial charge in [-0.1, -0.05) is 23.2 Å². The van der Waals surface area contributed by atoms with Gasteiger partial charge in [0, 0.05) is 14.1 Å². The second kappa shape index (κ2) is 5.98. The Morgan fingerprint density at radius 2 is 1.79 bits per heavy atom. The summed E-state index contributed by atoms with van der Waals surface area (Å²) in [6.45, 7) is -0.288. The molecule has 0 heterocycles. The minimum Gasteiger partial charge on any atom is -0.347 e. The Labute approximate surface area is 122 Å². The Hall–Kier alpha value is -0.980. The lowest BCUT2D eigenvalue weighted by molar-refractivity contribution is -0.127.